The Labute approximate surface area is 160 Å². The third kappa shape index (κ3) is 2.44. The number of hydrogen-bond donors (Lipinski definition) is 0. The molecule has 2 nitrogen and oxygen atoms in total. The second-order valence-electron chi connectivity index (χ2n) is 4.72. The lowest BCUT2D eigenvalue weighted by molar-refractivity contribution is 1.46. The summed E-state index contributed by atoms with van der Waals surface area (Å²) in [5, 5.41) is 6.37. The Morgan fingerprint density at radius 2 is 1.18 bits per heavy atom. The SMILES string of the molecule is Cc1c(Br)csc1-c1nc2sc(-c3scc(Br)c3C)nc2s1. The van der Waals surface area contributed by atoms with Gasteiger partial charge in [-0.05, 0) is 56.8 Å². The summed E-state index contributed by atoms with van der Waals surface area (Å²) >= 11 is 14.0. The monoisotopic (exact) mass is 490 g/mol. The van der Waals surface area contributed by atoms with Crippen LogP contribution in [-0.2, 0) is 0 Å². The van der Waals surface area contributed by atoms with Crippen LogP contribution in [0.3, 0.4) is 0 Å². The van der Waals surface area contributed by atoms with Crippen molar-refractivity contribution in [1.82, 2.24) is 9.97 Å². The number of rotatable bonds is 2. The summed E-state index contributed by atoms with van der Waals surface area (Å²) in [6, 6.07) is 0. The first kappa shape index (κ1) is 15.4. The molecule has 0 aliphatic carbocycles. The van der Waals surface area contributed by atoms with Crippen LogP contribution in [0.1, 0.15) is 11.1 Å². The van der Waals surface area contributed by atoms with E-state index in [0.717, 1.165) is 28.6 Å². The molecule has 0 atom stereocenters. The zero-order valence-corrected chi connectivity index (χ0v) is 17.9. The predicted molar refractivity (Wildman–Crippen MR) is 107 cm³/mol. The zero-order chi connectivity index (χ0) is 15.4. The number of thiazole rings is 2. The minimum atomic E-state index is 1.03. The predicted octanol–water partition coefficient (Wildman–Crippen LogP) is 7.35. The molecule has 0 saturated heterocycles. The Hall–Kier alpha value is -0.120. The molecule has 22 heavy (non-hydrogen) atoms. The van der Waals surface area contributed by atoms with Gasteiger partial charge in [-0.1, -0.05) is 22.7 Å². The minimum absolute atomic E-state index is 1.03. The normalized spacial score (nSPS) is 11.6. The molecule has 0 spiro atoms. The van der Waals surface area contributed by atoms with Gasteiger partial charge in [-0.2, -0.15) is 0 Å². The molecule has 0 unspecified atom stereocenters. The van der Waals surface area contributed by atoms with Gasteiger partial charge in [0.2, 0.25) is 0 Å². The molecular weight excluding hydrogens is 484 g/mol. The molecule has 112 valence electrons. The molecule has 0 radical (unpaired) electrons. The van der Waals surface area contributed by atoms with Gasteiger partial charge >= 0.3 is 0 Å². The van der Waals surface area contributed by atoms with Crippen molar-refractivity contribution in [1.29, 1.82) is 0 Å². The molecule has 0 saturated carbocycles. The fourth-order valence-electron chi connectivity index (χ4n) is 2.05. The van der Waals surface area contributed by atoms with Crippen LogP contribution in [0.4, 0.5) is 0 Å². The third-order valence-corrected chi connectivity index (χ3v) is 10.1. The first-order valence-corrected chi connectivity index (χ1v) is 11.3. The lowest BCUT2D eigenvalue weighted by Crippen LogP contribution is -1.75. The van der Waals surface area contributed by atoms with Gasteiger partial charge < -0.3 is 0 Å². The van der Waals surface area contributed by atoms with Gasteiger partial charge in [-0.3, -0.25) is 0 Å². The maximum absolute atomic E-state index is 4.80. The van der Waals surface area contributed by atoms with E-state index in [1.807, 2.05) is 0 Å². The molecule has 4 aromatic heterocycles. The zero-order valence-electron chi connectivity index (χ0n) is 11.4. The first-order chi connectivity index (χ1) is 10.5. The Morgan fingerprint density at radius 1 is 0.773 bits per heavy atom. The largest absolute Gasteiger partial charge is 0.222 e. The van der Waals surface area contributed by atoms with E-state index >= 15 is 0 Å². The summed E-state index contributed by atoms with van der Waals surface area (Å²) in [4.78, 5) is 14.1. The topological polar surface area (TPSA) is 25.8 Å². The molecular formula is C14H8Br2N2S4. The standard InChI is InChI=1S/C14H8Br2N2S4/c1-5-7(15)3-19-9(5)11-17-13-14(21-11)18-12(22-13)10-6(2)8(16)4-20-10/h3-4H,1-2H3. The number of thiophene rings is 2. The number of hydrogen-bond acceptors (Lipinski definition) is 6. The average Bonchev–Trinajstić information content (AvgIpc) is 3.18. The van der Waals surface area contributed by atoms with Crippen LogP contribution in [0.25, 0.3) is 29.4 Å². The van der Waals surface area contributed by atoms with Crippen LogP contribution >= 0.6 is 77.2 Å². The van der Waals surface area contributed by atoms with Gasteiger partial charge in [0.15, 0.2) is 9.66 Å². The molecule has 0 bridgehead atoms. The van der Waals surface area contributed by atoms with Crippen LogP contribution < -0.4 is 0 Å². The molecule has 4 aromatic rings. The lowest BCUT2D eigenvalue weighted by atomic mass is 10.3. The van der Waals surface area contributed by atoms with Gasteiger partial charge in [-0.25, -0.2) is 9.97 Å². The van der Waals surface area contributed by atoms with Gasteiger partial charge in [-0.15, -0.1) is 22.7 Å². The lowest BCUT2D eigenvalue weighted by Gasteiger charge is -1.94. The number of fused-ring (bicyclic) bond motifs is 1. The molecule has 0 N–H and O–H groups in total. The van der Waals surface area contributed by atoms with E-state index < -0.39 is 0 Å². The third-order valence-electron chi connectivity index (χ3n) is 3.32. The average molecular weight is 492 g/mol. The Kier molecular flexibility index (Phi) is 4.03. The molecule has 0 amide bonds. The van der Waals surface area contributed by atoms with Crippen LogP contribution in [0, 0.1) is 13.8 Å². The van der Waals surface area contributed by atoms with E-state index in [-0.39, 0.29) is 0 Å². The highest BCUT2D eigenvalue weighted by Crippen LogP contribution is 2.43. The molecule has 0 fully saturated rings. The molecule has 0 aliphatic heterocycles. The summed E-state index contributed by atoms with van der Waals surface area (Å²) < 4.78 is 2.30. The molecule has 4 heterocycles. The van der Waals surface area contributed by atoms with Crippen LogP contribution in [0.5, 0.6) is 0 Å². The van der Waals surface area contributed by atoms with Crippen molar-refractivity contribution in [2.24, 2.45) is 0 Å². The van der Waals surface area contributed by atoms with Gasteiger partial charge in [0.1, 0.15) is 10.0 Å². The van der Waals surface area contributed by atoms with E-state index in [4.69, 9.17) is 9.97 Å². The molecule has 4 rings (SSSR count). The van der Waals surface area contributed by atoms with Crippen LogP contribution in [0.2, 0.25) is 0 Å². The highest BCUT2D eigenvalue weighted by molar-refractivity contribution is 9.10. The van der Waals surface area contributed by atoms with Crippen LogP contribution in [0.15, 0.2) is 19.7 Å². The summed E-state index contributed by atoms with van der Waals surface area (Å²) in [5.74, 6) is 0. The van der Waals surface area contributed by atoms with Crippen molar-refractivity contribution in [3.05, 3.63) is 30.8 Å². The number of nitrogens with zero attached hydrogens (tertiary/aromatic N) is 2. The first-order valence-electron chi connectivity index (χ1n) is 6.30. The van der Waals surface area contributed by atoms with E-state index in [2.05, 4.69) is 56.5 Å². The summed E-state index contributed by atoms with van der Waals surface area (Å²) in [7, 11) is 0. The van der Waals surface area contributed by atoms with E-state index in [0.29, 0.717) is 0 Å². The second-order valence-corrected chi connectivity index (χ2v) is 10.1. The molecule has 8 heteroatoms. The summed E-state index contributed by atoms with van der Waals surface area (Å²) in [5.41, 5.74) is 2.51. The second kappa shape index (κ2) is 5.75. The highest BCUT2D eigenvalue weighted by Gasteiger charge is 2.18. The Balaban J connectivity index is 1.80. The quantitative estimate of drug-likeness (QED) is 0.293. The smallest absolute Gasteiger partial charge is 0.155 e. The van der Waals surface area contributed by atoms with E-state index in [1.165, 1.54) is 20.9 Å². The fourth-order valence-corrected chi connectivity index (χ4v) is 7.51. The minimum Gasteiger partial charge on any atom is -0.222 e. The molecule has 0 aromatic carbocycles. The van der Waals surface area contributed by atoms with Crippen molar-refractivity contribution in [3.8, 4) is 19.8 Å². The summed E-state index contributed by atoms with van der Waals surface area (Å²) in [6.07, 6.45) is 0. The van der Waals surface area contributed by atoms with Crippen molar-refractivity contribution in [2.45, 2.75) is 13.8 Å². The van der Waals surface area contributed by atoms with Gasteiger partial charge in [0.25, 0.3) is 0 Å². The number of aromatic nitrogens is 2. The van der Waals surface area contributed by atoms with Crippen molar-refractivity contribution in [2.75, 3.05) is 0 Å². The maximum atomic E-state index is 4.80. The fraction of sp³-hybridized carbons (Fsp3) is 0.143. The van der Waals surface area contributed by atoms with Crippen molar-refractivity contribution in [3.63, 3.8) is 0 Å². The Morgan fingerprint density at radius 3 is 1.50 bits per heavy atom. The van der Waals surface area contributed by atoms with Gasteiger partial charge in [0, 0.05) is 19.7 Å². The van der Waals surface area contributed by atoms with Crippen LogP contribution in [-0.4, -0.2) is 9.97 Å². The Bertz CT molecular complexity index is 885. The van der Waals surface area contributed by atoms with E-state index in [9.17, 15) is 0 Å². The van der Waals surface area contributed by atoms with E-state index in [1.54, 1.807) is 45.3 Å². The van der Waals surface area contributed by atoms with Gasteiger partial charge in [0.05, 0.1) is 9.75 Å². The maximum Gasteiger partial charge on any atom is 0.155 e. The molecule has 0 aliphatic rings. The highest BCUT2D eigenvalue weighted by atomic mass is 79.9. The van der Waals surface area contributed by atoms with Crippen molar-refractivity contribution >= 4 is 86.9 Å². The summed E-state index contributed by atoms with van der Waals surface area (Å²) in [6.45, 7) is 4.24. The van der Waals surface area contributed by atoms with Crippen molar-refractivity contribution < 1.29 is 0 Å². The number of halogens is 2.